The second kappa shape index (κ2) is 6.41. The molecule has 0 aromatic carbocycles. The van der Waals surface area contributed by atoms with Gasteiger partial charge >= 0.3 is 0 Å². The molecule has 14 heavy (non-hydrogen) atoms. The molecule has 2 unspecified atom stereocenters. The van der Waals surface area contributed by atoms with Gasteiger partial charge in [0, 0.05) is 12.6 Å². The van der Waals surface area contributed by atoms with Crippen molar-refractivity contribution in [3.8, 4) is 0 Å². The van der Waals surface area contributed by atoms with Gasteiger partial charge in [-0.1, -0.05) is 33.6 Å². The van der Waals surface area contributed by atoms with E-state index < -0.39 is 0 Å². The van der Waals surface area contributed by atoms with E-state index in [0.29, 0.717) is 6.04 Å². The van der Waals surface area contributed by atoms with E-state index in [9.17, 15) is 0 Å². The number of rotatable bonds is 5. The average Bonchev–Trinajstić information content (AvgIpc) is 2.21. The van der Waals surface area contributed by atoms with Crippen LogP contribution in [0.5, 0.6) is 0 Å². The van der Waals surface area contributed by atoms with Crippen molar-refractivity contribution in [3.05, 3.63) is 0 Å². The molecular weight excluding hydrogens is 174 g/mol. The fraction of sp³-hybridized carbons (Fsp3) is 1.00. The van der Waals surface area contributed by atoms with E-state index in [1.54, 1.807) is 0 Å². The van der Waals surface area contributed by atoms with Crippen LogP contribution in [0.4, 0.5) is 0 Å². The molecule has 0 saturated heterocycles. The van der Waals surface area contributed by atoms with E-state index in [-0.39, 0.29) is 0 Å². The Kier molecular flexibility index (Phi) is 5.49. The summed E-state index contributed by atoms with van der Waals surface area (Å²) < 4.78 is 0. The van der Waals surface area contributed by atoms with Crippen LogP contribution in [0.15, 0.2) is 0 Å². The van der Waals surface area contributed by atoms with Crippen molar-refractivity contribution in [1.82, 2.24) is 5.06 Å². The highest BCUT2D eigenvalue weighted by Gasteiger charge is 2.26. The van der Waals surface area contributed by atoms with Crippen LogP contribution in [-0.2, 0) is 4.84 Å². The molecule has 0 radical (unpaired) electrons. The van der Waals surface area contributed by atoms with Crippen LogP contribution in [0.2, 0.25) is 0 Å². The van der Waals surface area contributed by atoms with Gasteiger partial charge in [-0.3, -0.25) is 4.84 Å². The molecule has 1 saturated carbocycles. The van der Waals surface area contributed by atoms with Crippen LogP contribution in [0.25, 0.3) is 0 Å². The van der Waals surface area contributed by atoms with Crippen LogP contribution >= 0.6 is 0 Å². The number of hydrogen-bond donors (Lipinski definition) is 0. The third kappa shape index (κ3) is 3.25. The number of hydrogen-bond acceptors (Lipinski definition) is 2. The van der Waals surface area contributed by atoms with Crippen molar-refractivity contribution in [2.24, 2.45) is 5.92 Å². The molecule has 0 spiro atoms. The molecule has 1 aliphatic rings. The highest BCUT2D eigenvalue weighted by Crippen LogP contribution is 2.28. The molecule has 2 heteroatoms. The van der Waals surface area contributed by atoms with Gasteiger partial charge in [0.2, 0.25) is 0 Å². The lowest BCUT2D eigenvalue weighted by Crippen LogP contribution is -2.41. The molecular formula is C12H25NO. The lowest BCUT2D eigenvalue weighted by molar-refractivity contribution is -0.198. The minimum atomic E-state index is 0.667. The topological polar surface area (TPSA) is 12.5 Å². The molecule has 0 aliphatic heterocycles. The first-order chi connectivity index (χ1) is 6.79. The fourth-order valence-electron chi connectivity index (χ4n) is 2.35. The largest absolute Gasteiger partial charge is 0.299 e. The fourth-order valence-corrected chi connectivity index (χ4v) is 2.35. The minimum absolute atomic E-state index is 0.667. The highest BCUT2D eigenvalue weighted by atomic mass is 16.7. The maximum Gasteiger partial charge on any atom is 0.0682 e. The van der Waals surface area contributed by atoms with Gasteiger partial charge in [-0.05, 0) is 25.2 Å². The van der Waals surface area contributed by atoms with Gasteiger partial charge in [0.25, 0.3) is 0 Å². The smallest absolute Gasteiger partial charge is 0.0682 e. The summed E-state index contributed by atoms with van der Waals surface area (Å²) in [6.07, 6.45) is 6.58. The van der Waals surface area contributed by atoms with Gasteiger partial charge in [0.1, 0.15) is 0 Å². The second-order valence-corrected chi connectivity index (χ2v) is 4.40. The first kappa shape index (κ1) is 12.0. The van der Waals surface area contributed by atoms with E-state index in [0.717, 1.165) is 25.5 Å². The van der Waals surface area contributed by atoms with Gasteiger partial charge in [0.05, 0.1) is 6.61 Å². The number of nitrogens with zero attached hydrogens (tertiary/aromatic N) is 1. The van der Waals surface area contributed by atoms with Crippen LogP contribution in [-0.4, -0.2) is 24.3 Å². The zero-order valence-electron chi connectivity index (χ0n) is 9.96. The lowest BCUT2D eigenvalue weighted by Gasteiger charge is -2.37. The Morgan fingerprint density at radius 1 is 1.21 bits per heavy atom. The molecule has 2 atom stereocenters. The Bertz CT molecular complexity index is 149. The summed E-state index contributed by atoms with van der Waals surface area (Å²) in [5.41, 5.74) is 0. The molecule has 0 aromatic rings. The first-order valence-corrected chi connectivity index (χ1v) is 6.19. The lowest BCUT2D eigenvalue weighted by atomic mass is 9.86. The third-order valence-electron chi connectivity index (χ3n) is 3.21. The Hall–Kier alpha value is -0.0800. The predicted octanol–water partition coefficient (Wildman–Crippen LogP) is 3.23. The van der Waals surface area contributed by atoms with Gasteiger partial charge in [-0.25, -0.2) is 0 Å². The Labute approximate surface area is 88.6 Å². The summed E-state index contributed by atoms with van der Waals surface area (Å²) in [6.45, 7) is 8.61. The van der Waals surface area contributed by atoms with Gasteiger partial charge in [-0.15, -0.1) is 0 Å². The Balaban J connectivity index is 2.40. The molecule has 0 heterocycles. The van der Waals surface area contributed by atoms with E-state index in [1.165, 1.54) is 25.7 Å². The molecule has 0 N–H and O–H groups in total. The summed E-state index contributed by atoms with van der Waals surface area (Å²) in [6, 6.07) is 0.667. The Morgan fingerprint density at radius 3 is 2.50 bits per heavy atom. The predicted molar refractivity (Wildman–Crippen MR) is 60.0 cm³/mol. The standard InChI is InChI=1S/C12H25NO/c1-4-10-14-13(5-2)12-9-7-6-8-11(12)3/h11-12H,4-10H2,1-3H3. The first-order valence-electron chi connectivity index (χ1n) is 6.19. The zero-order valence-corrected chi connectivity index (χ0v) is 9.96. The van der Waals surface area contributed by atoms with Gasteiger partial charge < -0.3 is 0 Å². The van der Waals surface area contributed by atoms with Gasteiger partial charge in [0.15, 0.2) is 0 Å². The van der Waals surface area contributed by atoms with E-state index in [2.05, 4.69) is 25.8 Å². The molecule has 0 aromatic heterocycles. The van der Waals surface area contributed by atoms with E-state index in [4.69, 9.17) is 4.84 Å². The van der Waals surface area contributed by atoms with Crippen molar-refractivity contribution in [1.29, 1.82) is 0 Å². The quantitative estimate of drug-likeness (QED) is 0.630. The maximum absolute atomic E-state index is 5.78. The van der Waals surface area contributed by atoms with E-state index >= 15 is 0 Å². The summed E-state index contributed by atoms with van der Waals surface area (Å²) in [5.74, 6) is 0.806. The van der Waals surface area contributed by atoms with Crippen molar-refractivity contribution in [2.45, 2.75) is 58.9 Å². The van der Waals surface area contributed by atoms with Gasteiger partial charge in [-0.2, -0.15) is 5.06 Å². The van der Waals surface area contributed by atoms with Crippen LogP contribution in [0.1, 0.15) is 52.9 Å². The molecule has 0 amide bonds. The molecule has 1 rings (SSSR count). The molecule has 0 bridgehead atoms. The number of hydroxylamine groups is 2. The van der Waals surface area contributed by atoms with Crippen LogP contribution in [0, 0.1) is 5.92 Å². The van der Waals surface area contributed by atoms with Crippen LogP contribution < -0.4 is 0 Å². The maximum atomic E-state index is 5.78. The normalized spacial score (nSPS) is 28.3. The Morgan fingerprint density at radius 2 is 1.93 bits per heavy atom. The summed E-state index contributed by atoms with van der Waals surface area (Å²) in [4.78, 5) is 5.78. The monoisotopic (exact) mass is 199 g/mol. The molecule has 2 nitrogen and oxygen atoms in total. The molecule has 1 aliphatic carbocycles. The van der Waals surface area contributed by atoms with Crippen molar-refractivity contribution < 1.29 is 4.84 Å². The summed E-state index contributed by atoms with van der Waals surface area (Å²) >= 11 is 0. The summed E-state index contributed by atoms with van der Waals surface area (Å²) in [7, 11) is 0. The third-order valence-corrected chi connectivity index (χ3v) is 3.21. The van der Waals surface area contributed by atoms with Crippen LogP contribution in [0.3, 0.4) is 0 Å². The minimum Gasteiger partial charge on any atom is -0.299 e. The highest BCUT2D eigenvalue weighted by molar-refractivity contribution is 4.77. The SMILES string of the molecule is CCCON(CC)C1CCCCC1C. The average molecular weight is 199 g/mol. The second-order valence-electron chi connectivity index (χ2n) is 4.40. The zero-order chi connectivity index (χ0) is 10.4. The van der Waals surface area contributed by atoms with Crippen molar-refractivity contribution in [3.63, 3.8) is 0 Å². The summed E-state index contributed by atoms with van der Waals surface area (Å²) in [5, 5.41) is 2.22. The van der Waals surface area contributed by atoms with E-state index in [1.807, 2.05) is 0 Å². The molecule has 1 fully saturated rings. The molecule has 84 valence electrons. The van der Waals surface area contributed by atoms with Crippen molar-refractivity contribution >= 4 is 0 Å². The van der Waals surface area contributed by atoms with Crippen molar-refractivity contribution in [2.75, 3.05) is 13.2 Å².